The number of allylic oxidation sites excluding steroid dienone is 1. The van der Waals surface area contributed by atoms with E-state index in [2.05, 4.69) is 45.2 Å². The van der Waals surface area contributed by atoms with Crippen LogP contribution in [0.15, 0.2) is 60.2 Å². The van der Waals surface area contributed by atoms with E-state index < -0.39 is 65.1 Å². The second-order valence-corrected chi connectivity index (χ2v) is 12.0. The van der Waals surface area contributed by atoms with Crippen LogP contribution in [0, 0.1) is 42.6 Å². The van der Waals surface area contributed by atoms with Crippen molar-refractivity contribution >= 4 is 86.2 Å². The maximum Gasteiger partial charge on any atom is 0.334 e. The average molecular weight is 722 g/mol. The van der Waals surface area contributed by atoms with Crippen molar-refractivity contribution in [2.24, 2.45) is 35.5 Å². The summed E-state index contributed by atoms with van der Waals surface area (Å²) in [5.41, 5.74) is 1.08. The molecule has 2 heterocycles. The number of carbonyl (C=O) groups excluding carboxylic acids is 5. The van der Waals surface area contributed by atoms with Crippen LogP contribution in [0.5, 0.6) is 0 Å². The highest BCUT2D eigenvalue weighted by atomic mass is 127. The highest BCUT2D eigenvalue weighted by Crippen LogP contribution is 2.60. The molecule has 2 aromatic rings. The minimum Gasteiger partial charge on any atom is -0.463 e. The number of ether oxygens (including phenoxy) is 1. The molecule has 3 aliphatic carbocycles. The van der Waals surface area contributed by atoms with Crippen LogP contribution < -0.4 is 9.80 Å². The Balaban J connectivity index is 1.46. The summed E-state index contributed by atoms with van der Waals surface area (Å²) in [6, 6.07) is 14.0. The number of rotatable bonds is 4. The Labute approximate surface area is 239 Å². The third kappa shape index (κ3) is 3.54. The van der Waals surface area contributed by atoms with Gasteiger partial charge in [0.25, 0.3) is 0 Å². The number of nitrogens with zero attached hydrogens (tertiary/aromatic N) is 2. The van der Waals surface area contributed by atoms with E-state index in [9.17, 15) is 24.0 Å². The summed E-state index contributed by atoms with van der Waals surface area (Å²) in [6.07, 6.45) is 1.62. The van der Waals surface area contributed by atoms with Gasteiger partial charge in [-0.2, -0.15) is 0 Å². The first-order chi connectivity index (χ1) is 17.7. The molecule has 2 saturated heterocycles. The second-order valence-electron chi connectivity index (χ2n) is 9.53. The molecule has 7 rings (SSSR count). The monoisotopic (exact) mass is 722 g/mol. The molecule has 0 aromatic heterocycles. The van der Waals surface area contributed by atoms with Gasteiger partial charge < -0.3 is 4.74 Å². The minimum atomic E-state index is -0.922. The molecule has 3 fully saturated rings. The Morgan fingerprint density at radius 1 is 0.703 bits per heavy atom. The number of hydrogen-bond acceptors (Lipinski definition) is 6. The van der Waals surface area contributed by atoms with Gasteiger partial charge in [-0.05, 0) is 101 Å². The van der Waals surface area contributed by atoms with E-state index >= 15 is 0 Å². The fourth-order valence-electron chi connectivity index (χ4n) is 6.46. The van der Waals surface area contributed by atoms with Crippen molar-refractivity contribution in [2.45, 2.75) is 6.92 Å². The molecular weight excluding hydrogens is 702 g/mol. The molecule has 5 aliphatic rings. The molecule has 4 atom stereocenters. The van der Waals surface area contributed by atoms with Crippen molar-refractivity contribution in [1.82, 2.24) is 0 Å². The lowest BCUT2D eigenvalue weighted by atomic mass is 9.52. The van der Waals surface area contributed by atoms with Crippen molar-refractivity contribution in [2.75, 3.05) is 16.4 Å². The van der Waals surface area contributed by atoms with E-state index in [-0.39, 0.29) is 12.2 Å². The predicted molar refractivity (Wildman–Crippen MR) is 149 cm³/mol. The summed E-state index contributed by atoms with van der Waals surface area (Å²) in [5.74, 6) is -7.52. The second kappa shape index (κ2) is 9.00. The van der Waals surface area contributed by atoms with Gasteiger partial charge in [0.1, 0.15) is 0 Å². The molecule has 2 aliphatic heterocycles. The molecule has 4 unspecified atom stereocenters. The summed E-state index contributed by atoms with van der Waals surface area (Å²) in [6.45, 7) is 1.80. The number of anilines is 2. The standard InChI is InChI=1S/C27H20I2N2O6/c1-2-37-27(36)17-11-16-19-21(25(34)30(23(19)32)14-7-3-12(28)4-8-14)18(17)22-20(16)24(33)31(26(22)35)15-9-5-13(29)6-10-15/h3-11,16,18-22H,2H2,1H3. The molecule has 0 N–H and O–H groups in total. The average Bonchev–Trinajstić information content (AvgIpc) is 3.32. The number of amides is 4. The largest absolute Gasteiger partial charge is 0.463 e. The van der Waals surface area contributed by atoms with Crippen LogP contribution in [-0.2, 0) is 28.7 Å². The molecule has 0 spiro atoms. The molecule has 8 nitrogen and oxygen atoms in total. The van der Waals surface area contributed by atoms with Gasteiger partial charge in [-0.1, -0.05) is 6.08 Å². The SMILES string of the molecule is CCOC(=O)C1=CC2C3C(=O)N(c4ccc(I)cc4)C(=O)C3C1C1C(=O)N(c3ccc(I)cc3)C(=O)C21. The van der Waals surface area contributed by atoms with Gasteiger partial charge >= 0.3 is 5.97 Å². The van der Waals surface area contributed by atoms with Gasteiger partial charge in [-0.3, -0.25) is 29.0 Å². The summed E-state index contributed by atoms with van der Waals surface area (Å²) in [5, 5.41) is 0. The van der Waals surface area contributed by atoms with E-state index in [1.165, 1.54) is 0 Å². The topological polar surface area (TPSA) is 101 Å². The number of benzene rings is 2. The zero-order valence-electron chi connectivity index (χ0n) is 19.5. The Bertz CT molecular complexity index is 1310. The summed E-state index contributed by atoms with van der Waals surface area (Å²) < 4.78 is 7.18. The fraction of sp³-hybridized carbons (Fsp3) is 0.296. The highest BCUT2D eigenvalue weighted by molar-refractivity contribution is 14.1. The van der Waals surface area contributed by atoms with Crippen molar-refractivity contribution in [1.29, 1.82) is 0 Å². The summed E-state index contributed by atoms with van der Waals surface area (Å²) in [7, 11) is 0. The molecule has 1 saturated carbocycles. The van der Waals surface area contributed by atoms with E-state index in [4.69, 9.17) is 4.74 Å². The zero-order valence-corrected chi connectivity index (χ0v) is 23.8. The number of halogens is 2. The summed E-state index contributed by atoms with van der Waals surface area (Å²) in [4.78, 5) is 70.5. The Morgan fingerprint density at radius 2 is 1.11 bits per heavy atom. The third-order valence-corrected chi connectivity index (χ3v) is 9.25. The van der Waals surface area contributed by atoms with E-state index in [1.54, 1.807) is 61.5 Å². The maximum absolute atomic E-state index is 13.8. The highest BCUT2D eigenvalue weighted by Gasteiger charge is 2.71. The van der Waals surface area contributed by atoms with Crippen LogP contribution in [0.25, 0.3) is 0 Å². The quantitative estimate of drug-likeness (QED) is 0.272. The molecule has 37 heavy (non-hydrogen) atoms. The van der Waals surface area contributed by atoms with Crippen LogP contribution >= 0.6 is 45.2 Å². The Morgan fingerprint density at radius 3 is 1.51 bits per heavy atom. The molecule has 2 bridgehead atoms. The number of esters is 1. The van der Waals surface area contributed by atoms with Crippen LogP contribution in [0.2, 0.25) is 0 Å². The van der Waals surface area contributed by atoms with Crippen molar-refractivity contribution in [3.05, 3.63) is 67.3 Å². The van der Waals surface area contributed by atoms with Gasteiger partial charge in [-0.15, -0.1) is 0 Å². The smallest absolute Gasteiger partial charge is 0.334 e. The van der Waals surface area contributed by atoms with Crippen LogP contribution in [0.3, 0.4) is 0 Å². The molecule has 0 radical (unpaired) electrons. The van der Waals surface area contributed by atoms with E-state index in [0.717, 1.165) is 16.9 Å². The van der Waals surface area contributed by atoms with Gasteiger partial charge in [0.15, 0.2) is 0 Å². The number of carbonyl (C=O) groups is 5. The molecule has 4 amide bonds. The van der Waals surface area contributed by atoms with Crippen molar-refractivity contribution in [3.8, 4) is 0 Å². The lowest BCUT2D eigenvalue weighted by Gasteiger charge is -2.46. The number of hydrogen-bond donors (Lipinski definition) is 0. The predicted octanol–water partition coefficient (Wildman–Crippen LogP) is 3.56. The minimum absolute atomic E-state index is 0.124. The third-order valence-electron chi connectivity index (χ3n) is 7.81. The first-order valence-corrected chi connectivity index (χ1v) is 14.1. The number of imide groups is 2. The van der Waals surface area contributed by atoms with Crippen molar-refractivity contribution in [3.63, 3.8) is 0 Å². The first kappa shape index (κ1) is 24.7. The molecule has 2 aromatic carbocycles. The maximum atomic E-state index is 13.8. The Kier molecular flexibility index (Phi) is 6.01. The van der Waals surface area contributed by atoms with E-state index in [1.807, 2.05) is 0 Å². The fourth-order valence-corrected chi connectivity index (χ4v) is 7.18. The van der Waals surface area contributed by atoms with Gasteiger partial charge in [0.05, 0.1) is 41.7 Å². The molecule has 188 valence electrons. The summed E-state index contributed by atoms with van der Waals surface area (Å²) >= 11 is 4.28. The van der Waals surface area contributed by atoms with Crippen LogP contribution in [0.4, 0.5) is 11.4 Å². The molecule has 10 heteroatoms. The van der Waals surface area contributed by atoms with Crippen LogP contribution in [0.1, 0.15) is 6.92 Å². The van der Waals surface area contributed by atoms with Crippen LogP contribution in [-0.4, -0.2) is 36.2 Å². The van der Waals surface area contributed by atoms with Crippen molar-refractivity contribution < 1.29 is 28.7 Å². The first-order valence-electron chi connectivity index (χ1n) is 11.9. The van der Waals surface area contributed by atoms with Gasteiger partial charge in [0.2, 0.25) is 23.6 Å². The molecular formula is C27H20I2N2O6. The lowest BCUT2D eigenvalue weighted by molar-refractivity contribution is -0.146. The zero-order chi connectivity index (χ0) is 26.2. The normalized spacial score (nSPS) is 30.0. The van der Waals surface area contributed by atoms with Gasteiger partial charge in [-0.25, -0.2) is 4.79 Å². The Hall–Kier alpha value is -2.61. The van der Waals surface area contributed by atoms with E-state index in [0.29, 0.717) is 11.4 Å². The van der Waals surface area contributed by atoms with Gasteiger partial charge in [0, 0.05) is 24.5 Å². The lowest BCUT2D eigenvalue weighted by Crippen LogP contribution is -2.53.